The van der Waals surface area contributed by atoms with E-state index < -0.39 is 13.2 Å². The number of hydrogen-bond acceptors (Lipinski definition) is 4. The van der Waals surface area contributed by atoms with Crippen LogP contribution in [0.25, 0.3) is 0 Å². The molecule has 2 rings (SSSR count). The lowest BCUT2D eigenvalue weighted by atomic mass is 10.3. The zero-order valence-corrected chi connectivity index (χ0v) is 13.5. The van der Waals surface area contributed by atoms with E-state index in [-0.39, 0.29) is 6.54 Å². The Labute approximate surface area is 130 Å². The van der Waals surface area contributed by atoms with Gasteiger partial charge in [0.05, 0.1) is 13.2 Å². The molecule has 6 nitrogen and oxygen atoms in total. The van der Waals surface area contributed by atoms with E-state index in [1.807, 2.05) is 19.1 Å². The van der Waals surface area contributed by atoms with E-state index in [1.54, 1.807) is 34.4 Å². The zero-order valence-electron chi connectivity index (χ0n) is 12.6. The molecule has 0 aliphatic carbocycles. The first-order chi connectivity index (χ1) is 10.6. The molecule has 0 fully saturated rings. The van der Waals surface area contributed by atoms with Crippen molar-refractivity contribution in [1.29, 1.82) is 0 Å². The molecule has 0 aromatic heterocycles. The minimum Gasteiger partial charge on any atom is -0.494 e. The number of allylic oxidation sites excluding steroid dienone is 1. The molecule has 0 saturated carbocycles. The first-order valence-corrected chi connectivity index (χ1v) is 9.10. The minimum atomic E-state index is -2.88. The summed E-state index contributed by atoms with van der Waals surface area (Å²) in [5.74, 6) is 0.159. The number of carbonyl (C=O) groups is 1. The quantitative estimate of drug-likeness (QED) is 0.373. The van der Waals surface area contributed by atoms with Crippen molar-refractivity contribution in [2.45, 2.75) is 13.3 Å². The van der Waals surface area contributed by atoms with E-state index in [0.717, 1.165) is 5.75 Å². The van der Waals surface area contributed by atoms with E-state index in [9.17, 15) is 9.36 Å². The van der Waals surface area contributed by atoms with Crippen LogP contribution in [0.15, 0.2) is 36.4 Å². The Morgan fingerprint density at radius 1 is 1.36 bits per heavy atom. The van der Waals surface area contributed by atoms with E-state index in [4.69, 9.17) is 9.94 Å². The molecule has 22 heavy (non-hydrogen) atoms. The van der Waals surface area contributed by atoms with Gasteiger partial charge in [0.1, 0.15) is 5.75 Å². The highest BCUT2D eigenvalue weighted by Gasteiger charge is 2.33. The first kappa shape index (κ1) is 16.7. The molecular formula is C15H21N2O4P. The average Bonchev–Trinajstić information content (AvgIpc) is 2.71. The van der Waals surface area contributed by atoms with E-state index >= 15 is 0 Å². The van der Waals surface area contributed by atoms with Gasteiger partial charge in [-0.15, -0.1) is 0 Å². The van der Waals surface area contributed by atoms with Gasteiger partial charge in [-0.2, -0.15) is 0 Å². The van der Waals surface area contributed by atoms with Crippen LogP contribution in [0.2, 0.25) is 0 Å². The molecule has 0 bridgehead atoms. The highest BCUT2D eigenvalue weighted by Crippen LogP contribution is 2.50. The van der Waals surface area contributed by atoms with E-state index in [1.165, 1.54) is 0 Å². The topological polar surface area (TPSA) is 78.9 Å². The first-order valence-electron chi connectivity index (χ1n) is 7.26. The van der Waals surface area contributed by atoms with Crippen molar-refractivity contribution < 1.29 is 19.3 Å². The number of hydrogen-bond donors (Lipinski definition) is 2. The second-order valence-electron chi connectivity index (χ2n) is 4.99. The lowest BCUT2D eigenvalue weighted by Crippen LogP contribution is -2.36. The Morgan fingerprint density at radius 2 is 2.09 bits per heavy atom. The van der Waals surface area contributed by atoms with Crippen molar-refractivity contribution in [1.82, 2.24) is 10.2 Å². The minimum absolute atomic E-state index is 0.106. The molecule has 1 aliphatic rings. The van der Waals surface area contributed by atoms with Crippen LogP contribution in [0.1, 0.15) is 13.3 Å². The zero-order chi connectivity index (χ0) is 16.0. The number of hydroxylamine groups is 1. The van der Waals surface area contributed by atoms with Gasteiger partial charge in [-0.25, -0.2) is 10.2 Å². The monoisotopic (exact) mass is 324 g/mol. The lowest BCUT2D eigenvalue weighted by molar-refractivity contribution is -0.129. The predicted molar refractivity (Wildman–Crippen MR) is 85.0 cm³/mol. The highest BCUT2D eigenvalue weighted by atomic mass is 31.2. The summed E-state index contributed by atoms with van der Waals surface area (Å²) in [4.78, 5) is 11.5. The summed E-state index contributed by atoms with van der Waals surface area (Å²) in [5.41, 5.74) is 1.60. The third kappa shape index (κ3) is 3.77. The normalized spacial score (nSPS) is 22.1. The van der Waals surface area contributed by atoms with Crippen molar-refractivity contribution in [2.24, 2.45) is 0 Å². The second kappa shape index (κ2) is 7.58. The van der Waals surface area contributed by atoms with Crippen LogP contribution in [0.5, 0.6) is 5.75 Å². The number of carbonyl (C=O) groups excluding carboxylic acids is 1. The van der Waals surface area contributed by atoms with Gasteiger partial charge in [0.25, 0.3) is 5.91 Å². The van der Waals surface area contributed by atoms with Gasteiger partial charge in [-0.3, -0.25) is 10.0 Å². The Kier molecular flexibility index (Phi) is 5.77. The van der Waals surface area contributed by atoms with Crippen LogP contribution < -0.4 is 15.5 Å². The largest absolute Gasteiger partial charge is 0.494 e. The van der Waals surface area contributed by atoms with Crippen molar-refractivity contribution in [3.05, 3.63) is 36.4 Å². The van der Waals surface area contributed by atoms with E-state index in [0.29, 0.717) is 31.0 Å². The maximum atomic E-state index is 13.5. The summed E-state index contributed by atoms with van der Waals surface area (Å²) in [5, 5.41) is 9.42. The number of amides is 1. The summed E-state index contributed by atoms with van der Waals surface area (Å²) >= 11 is 0. The summed E-state index contributed by atoms with van der Waals surface area (Å²) in [7, 11) is -2.88. The van der Waals surface area contributed by atoms with Gasteiger partial charge < -0.3 is 9.30 Å². The SMILES string of the molecule is CCOc1ccc(P2(=O)CCC=CCN2CC(=O)NO)cc1. The summed E-state index contributed by atoms with van der Waals surface area (Å²) < 4.78 is 20.5. The van der Waals surface area contributed by atoms with Crippen LogP contribution >= 0.6 is 7.29 Å². The summed E-state index contributed by atoms with van der Waals surface area (Å²) in [6, 6.07) is 7.17. The maximum absolute atomic E-state index is 13.5. The van der Waals surface area contributed by atoms with Gasteiger partial charge in [0, 0.05) is 18.0 Å². The average molecular weight is 324 g/mol. The van der Waals surface area contributed by atoms with Crippen LogP contribution in [0.3, 0.4) is 0 Å². The molecule has 120 valence electrons. The molecule has 0 radical (unpaired) electrons. The number of rotatable bonds is 5. The smallest absolute Gasteiger partial charge is 0.257 e. The number of nitrogens with one attached hydrogen (secondary N) is 1. The molecule has 1 amide bonds. The number of benzene rings is 1. The third-order valence-corrected chi connectivity index (χ3v) is 6.73. The van der Waals surface area contributed by atoms with E-state index in [2.05, 4.69) is 0 Å². The van der Waals surface area contributed by atoms with Gasteiger partial charge in [-0.05, 0) is 37.6 Å². The number of nitrogens with zero attached hydrogens (tertiary/aromatic N) is 1. The molecule has 1 unspecified atom stereocenters. The van der Waals surface area contributed by atoms with Crippen LogP contribution in [-0.2, 0) is 9.36 Å². The van der Waals surface area contributed by atoms with Crippen molar-refractivity contribution in [2.75, 3.05) is 25.9 Å². The number of ether oxygens (including phenoxy) is 1. The predicted octanol–water partition coefficient (Wildman–Crippen LogP) is 1.76. The molecule has 1 aliphatic heterocycles. The third-order valence-electron chi connectivity index (χ3n) is 3.54. The Bertz CT molecular complexity index is 586. The van der Waals surface area contributed by atoms with Crippen molar-refractivity contribution in [3.63, 3.8) is 0 Å². The molecule has 0 saturated heterocycles. The Balaban J connectivity index is 2.29. The fourth-order valence-corrected chi connectivity index (χ4v) is 5.15. The van der Waals surface area contributed by atoms with Crippen molar-refractivity contribution in [3.8, 4) is 5.75 Å². The fourth-order valence-electron chi connectivity index (χ4n) is 2.45. The second-order valence-corrected chi connectivity index (χ2v) is 7.93. The van der Waals surface area contributed by atoms with Crippen LogP contribution in [-0.4, -0.2) is 41.6 Å². The standard InChI is InChI=1S/C15H21N2O4P/c1-2-21-13-6-8-14(9-7-13)22(20)11-5-3-4-10-17(22)12-15(18)16-19/h3-4,6-9,19H,2,5,10-12H2,1H3,(H,16,18). The van der Waals surface area contributed by atoms with Gasteiger partial charge in [0.15, 0.2) is 7.29 Å². The summed E-state index contributed by atoms with van der Waals surface area (Å²) in [6.07, 6.45) is 5.04. The Hall–Kier alpha value is -1.62. The molecule has 1 aromatic carbocycles. The molecular weight excluding hydrogens is 303 g/mol. The molecule has 7 heteroatoms. The van der Waals surface area contributed by atoms with Crippen LogP contribution in [0, 0.1) is 0 Å². The maximum Gasteiger partial charge on any atom is 0.257 e. The van der Waals surface area contributed by atoms with Crippen molar-refractivity contribution >= 4 is 18.5 Å². The van der Waals surface area contributed by atoms with Gasteiger partial charge in [0.2, 0.25) is 0 Å². The van der Waals surface area contributed by atoms with Gasteiger partial charge in [-0.1, -0.05) is 12.2 Å². The fraction of sp³-hybridized carbons (Fsp3) is 0.400. The highest BCUT2D eigenvalue weighted by molar-refractivity contribution is 7.69. The molecule has 1 aromatic rings. The Morgan fingerprint density at radius 3 is 2.73 bits per heavy atom. The summed E-state index contributed by atoms with van der Waals surface area (Å²) in [6.45, 7) is 2.79. The molecule has 0 spiro atoms. The lowest BCUT2D eigenvalue weighted by Gasteiger charge is -2.29. The van der Waals surface area contributed by atoms with Crippen LogP contribution in [0.4, 0.5) is 0 Å². The van der Waals surface area contributed by atoms with Gasteiger partial charge >= 0.3 is 0 Å². The molecule has 1 heterocycles. The molecule has 1 atom stereocenters. The molecule has 2 N–H and O–H groups in total.